The third-order valence-corrected chi connectivity index (χ3v) is 14.0. The first kappa shape index (κ1) is 51.1. The lowest BCUT2D eigenvalue weighted by atomic mass is 9.97. The van der Waals surface area contributed by atoms with Crippen LogP contribution in [0.4, 0.5) is 22.0 Å². The molecule has 0 unspecified atom stereocenters. The Labute approximate surface area is 447 Å². The average Bonchev–Trinajstić information content (AvgIpc) is 4.50. The number of nitrogens with zero attached hydrogens (tertiary/aromatic N) is 12. The molecule has 18 heteroatoms. The minimum absolute atomic E-state index is 0. The van der Waals surface area contributed by atoms with E-state index in [9.17, 15) is 22.0 Å². The molecule has 3 aliphatic rings. The second kappa shape index (κ2) is 21.9. The SMILES string of the molecule is CC.CC.Fc1ccc(-c2nn3c(c2-c2ccc4ncnn4c2)CCC3)c(F)c1F.Fc1ccccc1-c1nn2c(c1-c1ccc3cn[nH]c3c1)CCC2.Fc1ccccc1-c1nn2c(c1-c1ccc3nccn3c1)CCC2.[HH]. The van der Waals surface area contributed by atoms with E-state index >= 15 is 0 Å². The summed E-state index contributed by atoms with van der Waals surface area (Å²) in [6.45, 7) is 10.5. The standard InChI is InChI=1S/2C19H15FN4.C18H12F3N5.2C2H6.H2/c20-15-5-2-1-4-14(15)19-18(16-6-3-10-24(16)22-19)13-7-8-17-21-9-11-23(17)12-13;20-15-5-2-1-4-14(15)19-18(17-6-3-9-24(17)23-19)12-7-8-13-11-21-22-16(13)10-12;19-12-5-4-11(16(20)17(12)21)18-15(13-2-1-7-25(13)24-18)10-3-6-14-22-9-23-26(14)8-10;2*1-2;/h1-2,4-5,7-9,11-12H,3,6,10H2;1-2,4-5,7-8,10-11H,3,6,9H2,(H,21,22);3-6,8-9H,1-2,7H2;2*1-2H3;1H. The number of hydrogen-bond acceptors (Lipinski definition) is 7. The topological polar surface area (TPSA) is 130 Å². The number of nitrogens with one attached hydrogen (secondary N) is 1. The Morgan fingerprint density at radius 2 is 1.05 bits per heavy atom. The highest BCUT2D eigenvalue weighted by Crippen LogP contribution is 2.42. The van der Waals surface area contributed by atoms with Crippen LogP contribution in [0, 0.1) is 29.1 Å². The van der Waals surface area contributed by atoms with Crippen molar-refractivity contribution in [3.8, 4) is 67.2 Å². The molecule has 78 heavy (non-hydrogen) atoms. The summed E-state index contributed by atoms with van der Waals surface area (Å²) in [5.41, 5.74) is 14.3. The Morgan fingerprint density at radius 3 is 1.65 bits per heavy atom. The fourth-order valence-electron chi connectivity index (χ4n) is 10.6. The van der Waals surface area contributed by atoms with Crippen molar-refractivity contribution in [1.29, 1.82) is 0 Å². The predicted molar refractivity (Wildman–Crippen MR) is 294 cm³/mol. The van der Waals surface area contributed by atoms with Crippen LogP contribution in [0.5, 0.6) is 0 Å². The maximum absolute atomic E-state index is 14.4. The first-order valence-electron chi connectivity index (χ1n) is 26.3. The Balaban J connectivity index is 0.000000129. The number of benzene rings is 4. The number of halogens is 5. The van der Waals surface area contributed by atoms with Crippen LogP contribution in [0.1, 0.15) is 65.5 Å². The monoisotopic (exact) mass is 1050 g/mol. The van der Waals surface area contributed by atoms with Crippen molar-refractivity contribution in [1.82, 2.24) is 63.5 Å². The zero-order valence-electron chi connectivity index (χ0n) is 43.4. The molecule has 12 aromatic rings. The molecule has 0 bridgehead atoms. The van der Waals surface area contributed by atoms with Crippen LogP contribution in [-0.4, -0.2) is 63.5 Å². The van der Waals surface area contributed by atoms with Crippen LogP contribution >= 0.6 is 0 Å². The van der Waals surface area contributed by atoms with E-state index in [1.54, 1.807) is 58.1 Å². The summed E-state index contributed by atoms with van der Waals surface area (Å²) in [5.74, 6) is -4.42. The van der Waals surface area contributed by atoms with Gasteiger partial charge in [0.2, 0.25) is 0 Å². The van der Waals surface area contributed by atoms with Crippen molar-refractivity contribution in [3.05, 3.63) is 187 Å². The zero-order valence-corrected chi connectivity index (χ0v) is 43.4. The number of H-pyrrole nitrogens is 1. The molecule has 4 aromatic carbocycles. The maximum atomic E-state index is 14.4. The highest BCUT2D eigenvalue weighted by atomic mass is 19.2. The number of hydrogen-bond donors (Lipinski definition) is 1. The molecule has 0 saturated carbocycles. The number of rotatable bonds is 6. The maximum Gasteiger partial charge on any atom is 0.195 e. The van der Waals surface area contributed by atoms with Crippen LogP contribution in [-0.2, 0) is 38.9 Å². The third kappa shape index (κ3) is 9.30. The van der Waals surface area contributed by atoms with Gasteiger partial charge in [-0.3, -0.25) is 19.1 Å². The van der Waals surface area contributed by atoms with E-state index in [1.807, 2.05) is 90.3 Å². The second-order valence-electron chi connectivity index (χ2n) is 18.4. The molecular formula is C60H56F5N13. The van der Waals surface area contributed by atoms with Gasteiger partial charge < -0.3 is 4.40 Å². The number of fused-ring (bicyclic) bond motifs is 6. The summed E-state index contributed by atoms with van der Waals surface area (Å²) in [6.07, 6.45) is 16.6. The van der Waals surface area contributed by atoms with Crippen molar-refractivity contribution in [3.63, 3.8) is 0 Å². The third-order valence-electron chi connectivity index (χ3n) is 14.0. The molecule has 0 fully saturated rings. The molecule has 0 amide bonds. The van der Waals surface area contributed by atoms with E-state index in [-0.39, 0.29) is 18.6 Å². The van der Waals surface area contributed by atoms with E-state index in [0.29, 0.717) is 34.6 Å². The second-order valence-corrected chi connectivity index (χ2v) is 18.4. The van der Waals surface area contributed by atoms with Gasteiger partial charge in [-0.2, -0.15) is 25.5 Å². The average molecular weight is 1050 g/mol. The quantitative estimate of drug-likeness (QED) is 0.130. The van der Waals surface area contributed by atoms with Crippen LogP contribution in [0.25, 0.3) is 89.4 Å². The summed E-state index contributed by atoms with van der Waals surface area (Å²) >= 11 is 0. The molecule has 0 radical (unpaired) electrons. The molecule has 13 nitrogen and oxygen atoms in total. The summed E-state index contributed by atoms with van der Waals surface area (Å²) in [6, 6.07) is 29.7. The summed E-state index contributed by atoms with van der Waals surface area (Å²) in [7, 11) is 0. The first-order valence-corrected chi connectivity index (χ1v) is 26.3. The number of pyridine rings is 2. The Morgan fingerprint density at radius 1 is 0.513 bits per heavy atom. The van der Waals surface area contributed by atoms with Crippen molar-refractivity contribution < 1.29 is 23.4 Å². The molecule has 3 aliphatic heterocycles. The largest absolute Gasteiger partial charge is 0.306 e. The van der Waals surface area contributed by atoms with Gasteiger partial charge in [-0.05, 0) is 111 Å². The van der Waals surface area contributed by atoms with Gasteiger partial charge in [0.25, 0.3) is 0 Å². The summed E-state index contributed by atoms with van der Waals surface area (Å²) < 4.78 is 79.7. The molecule has 1 N–H and O–H groups in total. The zero-order chi connectivity index (χ0) is 54.0. The van der Waals surface area contributed by atoms with Gasteiger partial charge in [-0.25, -0.2) is 36.4 Å². The van der Waals surface area contributed by atoms with E-state index in [0.717, 1.165) is 119 Å². The lowest BCUT2D eigenvalue weighted by Crippen LogP contribution is -1.98. The van der Waals surface area contributed by atoms with E-state index in [4.69, 9.17) is 10.2 Å². The Kier molecular flexibility index (Phi) is 14.3. The summed E-state index contributed by atoms with van der Waals surface area (Å²) in [5, 5.41) is 26.2. The van der Waals surface area contributed by atoms with Gasteiger partial charge >= 0.3 is 0 Å². The van der Waals surface area contributed by atoms with E-state index < -0.39 is 17.5 Å². The number of aromatic nitrogens is 13. The number of imidazole rings is 1. The highest BCUT2D eigenvalue weighted by molar-refractivity contribution is 5.90. The molecule has 0 atom stereocenters. The fourth-order valence-corrected chi connectivity index (χ4v) is 10.6. The smallest absolute Gasteiger partial charge is 0.195 e. The van der Waals surface area contributed by atoms with Gasteiger partial charge in [-0.1, -0.05) is 64.1 Å². The highest BCUT2D eigenvalue weighted by Gasteiger charge is 2.29. The number of aryl methyl sites for hydroxylation is 3. The van der Waals surface area contributed by atoms with E-state index in [2.05, 4.69) is 42.5 Å². The Hall–Kier alpha value is -9.06. The van der Waals surface area contributed by atoms with Crippen LogP contribution in [0.2, 0.25) is 0 Å². The normalized spacial score (nSPS) is 13.0. The molecule has 0 saturated heterocycles. The molecule has 0 aliphatic carbocycles. The summed E-state index contributed by atoms with van der Waals surface area (Å²) in [4.78, 5) is 8.40. The molecule has 0 spiro atoms. The first-order chi connectivity index (χ1) is 38.3. The van der Waals surface area contributed by atoms with Gasteiger partial charge in [0.1, 0.15) is 40.7 Å². The van der Waals surface area contributed by atoms with Crippen LogP contribution < -0.4 is 0 Å². The van der Waals surface area contributed by atoms with Crippen molar-refractivity contribution in [2.24, 2.45) is 0 Å². The minimum atomic E-state index is -1.49. The predicted octanol–water partition coefficient (Wildman–Crippen LogP) is 14.1. The van der Waals surface area contributed by atoms with Gasteiger partial charge in [-0.15, -0.1) is 0 Å². The molecule has 15 rings (SSSR count). The van der Waals surface area contributed by atoms with Gasteiger partial charge in [0.15, 0.2) is 23.1 Å². The van der Waals surface area contributed by atoms with Gasteiger partial charge in [0.05, 0.1) is 11.7 Å². The molecular weight excluding hydrogens is 998 g/mol. The van der Waals surface area contributed by atoms with E-state index in [1.165, 1.54) is 35.9 Å². The molecule has 8 aromatic heterocycles. The van der Waals surface area contributed by atoms with Crippen molar-refractivity contribution in [2.45, 2.75) is 85.9 Å². The molecule has 11 heterocycles. The lowest BCUT2D eigenvalue weighted by molar-refractivity contribution is 0.448. The van der Waals surface area contributed by atoms with Gasteiger partial charge in [0, 0.05) is 113 Å². The van der Waals surface area contributed by atoms with Crippen LogP contribution in [0.15, 0.2) is 140 Å². The fraction of sp³-hybridized carbons (Fsp3) is 0.217. The van der Waals surface area contributed by atoms with Crippen molar-refractivity contribution >= 4 is 22.2 Å². The lowest BCUT2D eigenvalue weighted by Gasteiger charge is -2.08. The van der Waals surface area contributed by atoms with Crippen LogP contribution in [0.3, 0.4) is 0 Å². The van der Waals surface area contributed by atoms with Crippen molar-refractivity contribution in [2.75, 3.05) is 0 Å². The Bertz CT molecular complexity index is 3960. The molecule has 396 valence electrons. The number of aromatic amines is 1. The minimum Gasteiger partial charge on any atom is -0.306 e.